The van der Waals surface area contributed by atoms with Crippen LogP contribution in [0.1, 0.15) is 42.2 Å². The molecule has 8 nitrogen and oxygen atoms in total. The highest BCUT2D eigenvalue weighted by Crippen LogP contribution is 2.26. The number of nitrogens with one attached hydrogen (secondary N) is 1. The number of anilines is 1. The van der Waals surface area contributed by atoms with E-state index in [9.17, 15) is 4.79 Å². The van der Waals surface area contributed by atoms with Crippen molar-refractivity contribution in [3.8, 4) is 5.69 Å². The Labute approximate surface area is 151 Å². The molecule has 134 valence electrons. The molecule has 3 N–H and O–H groups in total. The first-order valence-corrected chi connectivity index (χ1v) is 8.78. The van der Waals surface area contributed by atoms with Gasteiger partial charge in [-0.3, -0.25) is 4.79 Å². The van der Waals surface area contributed by atoms with Gasteiger partial charge in [0.25, 0.3) is 5.91 Å². The van der Waals surface area contributed by atoms with E-state index in [0.29, 0.717) is 11.4 Å². The highest BCUT2D eigenvalue weighted by molar-refractivity contribution is 6.02. The topological polar surface area (TPSA) is 104 Å². The molecule has 1 aromatic carbocycles. The minimum Gasteiger partial charge on any atom is -0.328 e. The molecule has 26 heavy (non-hydrogen) atoms. The standard InChI is InChI=1S/C18H21N7O/c19-13-5-7-15(8-6-13)25-12-17(22-23-25)18(26)21-14-3-1-4-16(11-14)24-10-2-9-20-24/h1-4,9-13,15H,5-8,19H2,(H,21,26). The minimum absolute atomic E-state index is 0.270. The van der Waals surface area contributed by atoms with E-state index in [1.165, 1.54) is 0 Å². The Balaban J connectivity index is 1.45. The van der Waals surface area contributed by atoms with Crippen LogP contribution in [0.15, 0.2) is 48.9 Å². The van der Waals surface area contributed by atoms with Crippen LogP contribution >= 0.6 is 0 Å². The Morgan fingerprint density at radius 3 is 2.81 bits per heavy atom. The molecule has 0 unspecified atom stereocenters. The highest BCUT2D eigenvalue weighted by atomic mass is 16.2. The summed E-state index contributed by atoms with van der Waals surface area (Å²) in [6.07, 6.45) is 9.17. The van der Waals surface area contributed by atoms with Crippen molar-refractivity contribution in [2.24, 2.45) is 5.73 Å². The summed E-state index contributed by atoms with van der Waals surface area (Å²) in [5.74, 6) is -0.277. The number of amides is 1. The Morgan fingerprint density at radius 1 is 1.19 bits per heavy atom. The maximum atomic E-state index is 12.5. The minimum atomic E-state index is -0.277. The van der Waals surface area contributed by atoms with Crippen LogP contribution in [0, 0.1) is 0 Å². The molecule has 0 radical (unpaired) electrons. The molecule has 0 atom stereocenters. The lowest BCUT2D eigenvalue weighted by Crippen LogP contribution is -2.28. The number of nitrogens with zero attached hydrogens (tertiary/aromatic N) is 5. The Hall–Kier alpha value is -3.00. The first-order valence-electron chi connectivity index (χ1n) is 8.78. The summed E-state index contributed by atoms with van der Waals surface area (Å²) in [6.45, 7) is 0. The first kappa shape index (κ1) is 16.5. The number of hydrogen-bond donors (Lipinski definition) is 2. The van der Waals surface area contributed by atoms with Gasteiger partial charge in [-0.15, -0.1) is 5.10 Å². The van der Waals surface area contributed by atoms with Gasteiger partial charge in [-0.05, 0) is 49.9 Å². The normalized spacial score (nSPS) is 20.0. The van der Waals surface area contributed by atoms with Crippen LogP contribution < -0.4 is 11.1 Å². The molecule has 1 aliphatic rings. The fourth-order valence-electron chi connectivity index (χ4n) is 3.27. The third-order valence-corrected chi connectivity index (χ3v) is 4.73. The molecule has 0 bridgehead atoms. The molecule has 0 spiro atoms. The lowest BCUT2D eigenvalue weighted by Gasteiger charge is -2.25. The van der Waals surface area contributed by atoms with Crippen molar-refractivity contribution in [2.75, 3.05) is 5.32 Å². The smallest absolute Gasteiger partial charge is 0.277 e. The number of hydrogen-bond acceptors (Lipinski definition) is 5. The van der Waals surface area contributed by atoms with Crippen LogP contribution in [-0.2, 0) is 0 Å². The number of nitrogens with two attached hydrogens (primary N) is 1. The summed E-state index contributed by atoms with van der Waals surface area (Å²) in [7, 11) is 0. The summed E-state index contributed by atoms with van der Waals surface area (Å²) in [5, 5.41) is 15.2. The Bertz CT molecular complexity index is 879. The molecule has 1 fully saturated rings. The molecular formula is C18H21N7O. The van der Waals surface area contributed by atoms with Crippen LogP contribution in [0.3, 0.4) is 0 Å². The van der Waals surface area contributed by atoms with Gasteiger partial charge in [0.15, 0.2) is 5.69 Å². The van der Waals surface area contributed by atoms with Gasteiger partial charge in [0.1, 0.15) is 0 Å². The molecule has 0 aliphatic heterocycles. The van der Waals surface area contributed by atoms with Crippen molar-refractivity contribution in [3.05, 3.63) is 54.6 Å². The van der Waals surface area contributed by atoms with Crippen molar-refractivity contribution >= 4 is 11.6 Å². The predicted octanol–water partition coefficient (Wildman–Crippen LogP) is 2.16. The van der Waals surface area contributed by atoms with Gasteiger partial charge in [0.2, 0.25) is 0 Å². The van der Waals surface area contributed by atoms with Crippen molar-refractivity contribution in [1.82, 2.24) is 24.8 Å². The third kappa shape index (κ3) is 3.50. The van der Waals surface area contributed by atoms with Crippen LogP contribution in [0.25, 0.3) is 5.69 Å². The van der Waals surface area contributed by atoms with Crippen LogP contribution in [0.2, 0.25) is 0 Å². The predicted molar refractivity (Wildman–Crippen MR) is 97.0 cm³/mol. The Morgan fingerprint density at radius 2 is 2.04 bits per heavy atom. The molecular weight excluding hydrogens is 330 g/mol. The van der Waals surface area contributed by atoms with Gasteiger partial charge >= 0.3 is 0 Å². The van der Waals surface area contributed by atoms with Crippen molar-refractivity contribution in [2.45, 2.75) is 37.8 Å². The van der Waals surface area contributed by atoms with Crippen LogP contribution in [0.5, 0.6) is 0 Å². The number of rotatable bonds is 4. The van der Waals surface area contributed by atoms with Gasteiger partial charge in [0.05, 0.1) is 17.9 Å². The summed E-state index contributed by atoms with van der Waals surface area (Å²) >= 11 is 0. The fraction of sp³-hybridized carbons (Fsp3) is 0.333. The van der Waals surface area contributed by atoms with Crippen LogP contribution in [-0.4, -0.2) is 36.7 Å². The monoisotopic (exact) mass is 351 g/mol. The van der Waals surface area contributed by atoms with Crippen molar-refractivity contribution < 1.29 is 4.79 Å². The zero-order valence-corrected chi connectivity index (χ0v) is 14.3. The van der Waals surface area contributed by atoms with Gasteiger partial charge in [0, 0.05) is 24.1 Å². The second kappa shape index (κ2) is 7.09. The number of carbonyl (C=O) groups is 1. The summed E-state index contributed by atoms with van der Waals surface area (Å²) in [4.78, 5) is 12.5. The second-order valence-corrected chi connectivity index (χ2v) is 6.61. The molecule has 8 heteroatoms. The average Bonchev–Trinajstić information content (AvgIpc) is 3.35. The van der Waals surface area contributed by atoms with E-state index in [4.69, 9.17) is 5.73 Å². The summed E-state index contributed by atoms with van der Waals surface area (Å²) in [6, 6.07) is 9.88. The molecule has 0 saturated heterocycles. The van der Waals surface area contributed by atoms with E-state index in [1.54, 1.807) is 21.8 Å². The van der Waals surface area contributed by atoms with E-state index >= 15 is 0 Å². The third-order valence-electron chi connectivity index (χ3n) is 4.73. The lowest BCUT2D eigenvalue weighted by atomic mass is 9.92. The molecule has 3 aromatic rings. The fourth-order valence-corrected chi connectivity index (χ4v) is 3.27. The SMILES string of the molecule is NC1CCC(n2cc(C(=O)Nc3cccc(-n4cccn4)c3)nn2)CC1. The van der Waals surface area contributed by atoms with Gasteiger partial charge in [-0.1, -0.05) is 11.3 Å². The van der Waals surface area contributed by atoms with E-state index < -0.39 is 0 Å². The van der Waals surface area contributed by atoms with E-state index in [2.05, 4.69) is 20.7 Å². The zero-order chi connectivity index (χ0) is 17.9. The second-order valence-electron chi connectivity index (χ2n) is 6.61. The lowest BCUT2D eigenvalue weighted by molar-refractivity contribution is 0.102. The van der Waals surface area contributed by atoms with E-state index in [-0.39, 0.29) is 18.0 Å². The van der Waals surface area contributed by atoms with Crippen molar-refractivity contribution in [3.63, 3.8) is 0 Å². The maximum absolute atomic E-state index is 12.5. The molecule has 2 heterocycles. The number of aromatic nitrogens is 5. The van der Waals surface area contributed by atoms with Gasteiger partial charge in [-0.2, -0.15) is 5.10 Å². The maximum Gasteiger partial charge on any atom is 0.277 e. The average molecular weight is 351 g/mol. The van der Waals surface area contributed by atoms with Gasteiger partial charge < -0.3 is 11.1 Å². The molecule has 2 aromatic heterocycles. The summed E-state index contributed by atoms with van der Waals surface area (Å²) in [5.41, 5.74) is 7.81. The molecule has 1 saturated carbocycles. The molecule has 4 rings (SSSR count). The quantitative estimate of drug-likeness (QED) is 0.749. The highest BCUT2D eigenvalue weighted by Gasteiger charge is 2.22. The largest absolute Gasteiger partial charge is 0.328 e. The zero-order valence-electron chi connectivity index (χ0n) is 14.3. The summed E-state index contributed by atoms with van der Waals surface area (Å²) < 4.78 is 3.53. The Kier molecular flexibility index (Phi) is 4.49. The number of benzene rings is 1. The molecule has 1 amide bonds. The first-order chi connectivity index (χ1) is 12.7. The number of carbonyl (C=O) groups excluding carboxylic acids is 1. The van der Waals surface area contributed by atoms with Gasteiger partial charge in [-0.25, -0.2) is 9.36 Å². The van der Waals surface area contributed by atoms with Crippen LogP contribution in [0.4, 0.5) is 5.69 Å². The van der Waals surface area contributed by atoms with Crippen molar-refractivity contribution in [1.29, 1.82) is 0 Å². The van der Waals surface area contributed by atoms with E-state index in [0.717, 1.165) is 31.4 Å². The molecule has 1 aliphatic carbocycles. The van der Waals surface area contributed by atoms with E-state index in [1.807, 2.05) is 36.5 Å².